The zero-order valence-corrected chi connectivity index (χ0v) is 16.7. The van der Waals surface area contributed by atoms with Crippen LogP contribution in [0.25, 0.3) is 0 Å². The van der Waals surface area contributed by atoms with Crippen LogP contribution in [0.15, 0.2) is 34.6 Å². The van der Waals surface area contributed by atoms with E-state index < -0.39 is 0 Å². The normalized spacial score (nSPS) is 11.4. The molecule has 0 saturated carbocycles. The second-order valence-corrected chi connectivity index (χ2v) is 7.24. The Hall–Kier alpha value is -2.48. The van der Waals surface area contributed by atoms with E-state index in [1.807, 2.05) is 19.1 Å². The Bertz CT molecular complexity index is 743. The average molecular weight is 390 g/mol. The van der Waals surface area contributed by atoms with Crippen molar-refractivity contribution in [1.29, 1.82) is 0 Å². The first-order chi connectivity index (χ1) is 13.1. The van der Waals surface area contributed by atoms with Gasteiger partial charge in [-0.3, -0.25) is 15.1 Å². The first-order valence-corrected chi connectivity index (χ1v) is 10.1. The molecule has 0 saturated heterocycles. The Balaban J connectivity index is 1.68. The maximum Gasteiger partial charge on any atom is 0.269 e. The molecule has 2 N–H and O–H groups in total. The van der Waals surface area contributed by atoms with E-state index in [1.54, 1.807) is 23.5 Å². The molecule has 27 heavy (non-hydrogen) atoms. The van der Waals surface area contributed by atoms with E-state index in [-0.39, 0.29) is 10.6 Å². The van der Waals surface area contributed by atoms with Crippen LogP contribution in [0.2, 0.25) is 0 Å². The third-order valence-corrected chi connectivity index (χ3v) is 4.80. The van der Waals surface area contributed by atoms with Crippen LogP contribution in [0.3, 0.4) is 0 Å². The maximum absolute atomic E-state index is 10.7. The molecule has 0 aliphatic rings. The Morgan fingerprint density at radius 2 is 2.00 bits per heavy atom. The fraction of sp³-hybridized carbons (Fsp3) is 0.474. The second kappa shape index (κ2) is 11.3. The molecule has 7 nitrogen and oxygen atoms in total. The van der Waals surface area contributed by atoms with Gasteiger partial charge < -0.3 is 10.6 Å². The fourth-order valence-corrected chi connectivity index (χ4v) is 3.24. The summed E-state index contributed by atoms with van der Waals surface area (Å²) in [6, 6.07) is 6.77. The van der Waals surface area contributed by atoms with Gasteiger partial charge in [0.2, 0.25) is 0 Å². The summed E-state index contributed by atoms with van der Waals surface area (Å²) in [6.07, 6.45) is 3.76. The van der Waals surface area contributed by atoms with Gasteiger partial charge in [0.05, 0.1) is 15.6 Å². The SMILES string of the molecule is CCNC(=NCCCCc1ccc([N+](=O)[O-])cc1)NCCc1csc(C)n1. The fourth-order valence-electron chi connectivity index (χ4n) is 2.59. The molecule has 1 aromatic heterocycles. The lowest BCUT2D eigenvalue weighted by molar-refractivity contribution is -0.384. The van der Waals surface area contributed by atoms with Gasteiger partial charge in [0, 0.05) is 43.6 Å². The van der Waals surface area contributed by atoms with Gasteiger partial charge in [-0.25, -0.2) is 4.98 Å². The summed E-state index contributed by atoms with van der Waals surface area (Å²) >= 11 is 1.68. The summed E-state index contributed by atoms with van der Waals surface area (Å²) in [6.45, 7) is 6.44. The number of nitrogens with one attached hydrogen (secondary N) is 2. The predicted molar refractivity (Wildman–Crippen MR) is 111 cm³/mol. The van der Waals surface area contributed by atoms with Crippen molar-refractivity contribution in [2.75, 3.05) is 19.6 Å². The minimum Gasteiger partial charge on any atom is -0.357 e. The quantitative estimate of drug-likeness (QED) is 0.213. The van der Waals surface area contributed by atoms with E-state index in [4.69, 9.17) is 0 Å². The van der Waals surface area contributed by atoms with E-state index in [1.165, 1.54) is 0 Å². The van der Waals surface area contributed by atoms with Crippen molar-refractivity contribution in [3.63, 3.8) is 0 Å². The van der Waals surface area contributed by atoms with Crippen LogP contribution < -0.4 is 10.6 Å². The number of guanidine groups is 1. The summed E-state index contributed by atoms with van der Waals surface area (Å²) in [5.74, 6) is 0.833. The highest BCUT2D eigenvalue weighted by Gasteiger charge is 2.04. The van der Waals surface area contributed by atoms with Crippen LogP contribution in [-0.2, 0) is 12.8 Å². The zero-order chi connectivity index (χ0) is 19.5. The number of hydrogen-bond acceptors (Lipinski definition) is 5. The number of nitrogens with zero attached hydrogens (tertiary/aromatic N) is 3. The lowest BCUT2D eigenvalue weighted by atomic mass is 10.1. The van der Waals surface area contributed by atoms with Crippen molar-refractivity contribution in [3.05, 3.63) is 56.0 Å². The molecule has 0 spiro atoms. The lowest BCUT2D eigenvalue weighted by Gasteiger charge is -2.10. The molecule has 0 aliphatic heterocycles. The largest absolute Gasteiger partial charge is 0.357 e. The molecule has 2 aromatic rings. The molecule has 1 aromatic carbocycles. The summed E-state index contributed by atoms with van der Waals surface area (Å²) in [5.41, 5.74) is 2.37. The van der Waals surface area contributed by atoms with E-state index in [9.17, 15) is 10.1 Å². The summed E-state index contributed by atoms with van der Waals surface area (Å²) < 4.78 is 0. The van der Waals surface area contributed by atoms with Gasteiger partial charge in [-0.1, -0.05) is 12.1 Å². The van der Waals surface area contributed by atoms with Gasteiger partial charge >= 0.3 is 0 Å². The average Bonchev–Trinajstić information content (AvgIpc) is 3.07. The molecule has 0 atom stereocenters. The number of hydrogen-bond donors (Lipinski definition) is 2. The number of thiazole rings is 1. The maximum atomic E-state index is 10.7. The van der Waals surface area contributed by atoms with Crippen LogP contribution in [-0.4, -0.2) is 35.5 Å². The zero-order valence-electron chi connectivity index (χ0n) is 15.9. The molecule has 0 aliphatic carbocycles. The first-order valence-electron chi connectivity index (χ1n) is 9.25. The Kier molecular flexibility index (Phi) is 8.70. The molecule has 0 amide bonds. The molecule has 1 heterocycles. The van der Waals surface area contributed by atoms with Crippen LogP contribution >= 0.6 is 11.3 Å². The summed E-state index contributed by atoms with van der Waals surface area (Å²) in [5, 5.41) is 20.5. The number of aliphatic imine (C=N–C) groups is 1. The highest BCUT2D eigenvalue weighted by atomic mass is 32.1. The Morgan fingerprint density at radius 1 is 1.22 bits per heavy atom. The van der Waals surface area contributed by atoms with Gasteiger partial charge in [0.1, 0.15) is 0 Å². The number of aryl methyl sites for hydroxylation is 2. The number of aromatic nitrogens is 1. The van der Waals surface area contributed by atoms with E-state index in [0.29, 0.717) is 0 Å². The summed E-state index contributed by atoms with van der Waals surface area (Å²) in [7, 11) is 0. The second-order valence-electron chi connectivity index (χ2n) is 6.18. The predicted octanol–water partition coefficient (Wildman–Crippen LogP) is 3.48. The number of unbranched alkanes of at least 4 members (excludes halogenated alkanes) is 1. The molecule has 146 valence electrons. The monoisotopic (exact) mass is 389 g/mol. The molecule has 0 radical (unpaired) electrons. The third-order valence-electron chi connectivity index (χ3n) is 3.98. The lowest BCUT2D eigenvalue weighted by Crippen LogP contribution is -2.38. The summed E-state index contributed by atoms with van der Waals surface area (Å²) in [4.78, 5) is 19.4. The van der Waals surface area contributed by atoms with Crippen molar-refractivity contribution in [2.24, 2.45) is 4.99 Å². The van der Waals surface area contributed by atoms with Crippen molar-refractivity contribution in [2.45, 2.75) is 39.5 Å². The van der Waals surface area contributed by atoms with Gasteiger partial charge in [-0.2, -0.15) is 0 Å². The van der Waals surface area contributed by atoms with Crippen molar-refractivity contribution in [3.8, 4) is 0 Å². The highest BCUT2D eigenvalue weighted by molar-refractivity contribution is 7.09. The van der Waals surface area contributed by atoms with Crippen LogP contribution in [0, 0.1) is 17.0 Å². The van der Waals surface area contributed by atoms with Gasteiger partial charge in [-0.05, 0) is 38.7 Å². The van der Waals surface area contributed by atoms with E-state index in [2.05, 4.69) is 32.9 Å². The number of rotatable bonds is 10. The molecule has 0 fully saturated rings. The van der Waals surface area contributed by atoms with E-state index >= 15 is 0 Å². The number of nitro benzene ring substituents is 1. The highest BCUT2D eigenvalue weighted by Crippen LogP contribution is 2.13. The van der Waals surface area contributed by atoms with Crippen molar-refractivity contribution >= 4 is 23.0 Å². The molecule has 2 rings (SSSR count). The van der Waals surface area contributed by atoms with Gasteiger partial charge in [0.25, 0.3) is 5.69 Å². The minimum atomic E-state index is -0.372. The molecule has 8 heteroatoms. The molecule has 0 bridgehead atoms. The number of nitro groups is 1. The standard InChI is InChI=1S/C19H27N5O2S/c1-3-20-19(22-13-11-17-14-27-15(2)23-17)21-12-5-4-6-16-7-9-18(10-8-16)24(25)26/h7-10,14H,3-6,11-13H2,1-2H3,(H2,20,21,22). The van der Waals surface area contributed by atoms with Crippen LogP contribution in [0.1, 0.15) is 36.0 Å². The number of benzene rings is 1. The van der Waals surface area contributed by atoms with Crippen molar-refractivity contribution < 1.29 is 4.92 Å². The Labute approximate surface area is 164 Å². The van der Waals surface area contributed by atoms with Gasteiger partial charge in [0.15, 0.2) is 5.96 Å². The van der Waals surface area contributed by atoms with E-state index in [0.717, 1.165) is 67.5 Å². The molecule has 0 unspecified atom stereocenters. The molecular formula is C19H27N5O2S. The third kappa shape index (κ3) is 7.74. The van der Waals surface area contributed by atoms with Crippen LogP contribution in [0.5, 0.6) is 0 Å². The minimum absolute atomic E-state index is 0.137. The topological polar surface area (TPSA) is 92.5 Å². The smallest absolute Gasteiger partial charge is 0.269 e. The van der Waals surface area contributed by atoms with Gasteiger partial charge in [-0.15, -0.1) is 11.3 Å². The Morgan fingerprint density at radius 3 is 2.63 bits per heavy atom. The first kappa shape index (κ1) is 20.8. The van der Waals surface area contributed by atoms with Crippen LogP contribution in [0.4, 0.5) is 5.69 Å². The van der Waals surface area contributed by atoms with Crippen molar-refractivity contribution in [1.82, 2.24) is 15.6 Å². The number of non-ortho nitro benzene ring substituents is 1. The molecular weight excluding hydrogens is 362 g/mol.